The van der Waals surface area contributed by atoms with Gasteiger partial charge in [0.2, 0.25) is 0 Å². The van der Waals surface area contributed by atoms with Crippen molar-refractivity contribution < 1.29 is 0 Å². The van der Waals surface area contributed by atoms with Gasteiger partial charge in [0, 0.05) is 17.1 Å². The first kappa shape index (κ1) is 14.2. The van der Waals surface area contributed by atoms with E-state index in [0.29, 0.717) is 0 Å². The average molecular weight is 215 g/mol. The standard InChI is InChI=1S/C15H21N/c1-7-10-14(6)16(13(4)5)15(11-8-2)12-9-3/h7-12H,1-2,4H2,3,5-6H3/b12-9-,14-10+,15-11+. The minimum atomic E-state index is 0.960. The molecule has 16 heavy (non-hydrogen) atoms. The van der Waals surface area contributed by atoms with Crippen LogP contribution in [-0.4, -0.2) is 4.90 Å². The van der Waals surface area contributed by atoms with Crippen LogP contribution in [0.15, 0.2) is 73.3 Å². The second-order valence-corrected chi connectivity index (χ2v) is 3.44. The Kier molecular flexibility index (Phi) is 6.69. The molecule has 1 nitrogen and oxygen atoms in total. The van der Waals surface area contributed by atoms with Gasteiger partial charge >= 0.3 is 0 Å². The van der Waals surface area contributed by atoms with E-state index >= 15 is 0 Å². The molecule has 0 aromatic rings. The Morgan fingerprint density at radius 2 is 1.62 bits per heavy atom. The van der Waals surface area contributed by atoms with E-state index in [4.69, 9.17) is 0 Å². The third-order valence-corrected chi connectivity index (χ3v) is 1.98. The zero-order chi connectivity index (χ0) is 12.6. The van der Waals surface area contributed by atoms with Gasteiger partial charge in [-0.3, -0.25) is 0 Å². The lowest BCUT2D eigenvalue weighted by Crippen LogP contribution is -2.17. The van der Waals surface area contributed by atoms with Crippen LogP contribution in [-0.2, 0) is 0 Å². The fraction of sp³-hybridized carbons (Fsp3) is 0.200. The van der Waals surface area contributed by atoms with Gasteiger partial charge in [-0.15, -0.1) is 0 Å². The predicted molar refractivity (Wildman–Crippen MR) is 73.7 cm³/mol. The highest BCUT2D eigenvalue weighted by molar-refractivity contribution is 5.31. The number of hydrogen-bond acceptors (Lipinski definition) is 1. The van der Waals surface area contributed by atoms with Crippen LogP contribution in [0, 0.1) is 0 Å². The summed E-state index contributed by atoms with van der Waals surface area (Å²) in [6.07, 6.45) is 11.5. The van der Waals surface area contributed by atoms with Gasteiger partial charge in [-0.25, -0.2) is 0 Å². The lowest BCUT2D eigenvalue weighted by atomic mass is 10.2. The van der Waals surface area contributed by atoms with Crippen molar-refractivity contribution in [1.82, 2.24) is 4.90 Å². The van der Waals surface area contributed by atoms with E-state index in [2.05, 4.69) is 24.6 Å². The van der Waals surface area contributed by atoms with Crippen LogP contribution in [0.1, 0.15) is 20.8 Å². The first-order valence-electron chi connectivity index (χ1n) is 5.28. The van der Waals surface area contributed by atoms with Crippen molar-refractivity contribution in [3.05, 3.63) is 73.3 Å². The molecule has 0 aliphatic carbocycles. The van der Waals surface area contributed by atoms with E-state index in [1.807, 2.05) is 45.1 Å². The van der Waals surface area contributed by atoms with Gasteiger partial charge in [0.25, 0.3) is 0 Å². The highest BCUT2D eigenvalue weighted by Gasteiger charge is 2.08. The lowest BCUT2D eigenvalue weighted by Gasteiger charge is -2.26. The summed E-state index contributed by atoms with van der Waals surface area (Å²) in [7, 11) is 0. The van der Waals surface area contributed by atoms with E-state index in [1.165, 1.54) is 0 Å². The van der Waals surface area contributed by atoms with Crippen molar-refractivity contribution >= 4 is 0 Å². The van der Waals surface area contributed by atoms with Crippen molar-refractivity contribution in [2.24, 2.45) is 0 Å². The summed E-state index contributed by atoms with van der Waals surface area (Å²) in [5.74, 6) is 0. The third kappa shape index (κ3) is 4.18. The Bertz CT molecular complexity index is 354. The summed E-state index contributed by atoms with van der Waals surface area (Å²) in [6, 6.07) is 0. The van der Waals surface area contributed by atoms with Crippen LogP contribution in [0.4, 0.5) is 0 Å². The molecule has 0 unspecified atom stereocenters. The van der Waals surface area contributed by atoms with Gasteiger partial charge in [-0.2, -0.15) is 0 Å². The maximum atomic E-state index is 3.99. The van der Waals surface area contributed by atoms with Crippen molar-refractivity contribution in [3.63, 3.8) is 0 Å². The summed E-state index contributed by atoms with van der Waals surface area (Å²) >= 11 is 0. The number of hydrogen-bond donors (Lipinski definition) is 0. The molecule has 0 atom stereocenters. The van der Waals surface area contributed by atoms with E-state index in [9.17, 15) is 0 Å². The number of nitrogens with zero attached hydrogens (tertiary/aromatic N) is 1. The molecule has 0 aromatic carbocycles. The van der Waals surface area contributed by atoms with Crippen LogP contribution in [0.25, 0.3) is 0 Å². The molecule has 0 heterocycles. The van der Waals surface area contributed by atoms with E-state index < -0.39 is 0 Å². The maximum Gasteiger partial charge on any atom is 0.0451 e. The summed E-state index contributed by atoms with van der Waals surface area (Å²) in [6.45, 7) is 17.4. The van der Waals surface area contributed by atoms with Gasteiger partial charge in [0.05, 0.1) is 0 Å². The molecule has 0 aliphatic rings. The molecule has 1 heteroatoms. The zero-order valence-corrected chi connectivity index (χ0v) is 10.5. The monoisotopic (exact) mass is 215 g/mol. The molecular weight excluding hydrogens is 194 g/mol. The molecule has 0 spiro atoms. The smallest absolute Gasteiger partial charge is 0.0451 e. The topological polar surface area (TPSA) is 3.24 Å². The fourth-order valence-corrected chi connectivity index (χ4v) is 1.47. The molecule has 0 rings (SSSR count). The number of allylic oxidation sites excluding steroid dienone is 8. The minimum Gasteiger partial charge on any atom is -0.319 e. The van der Waals surface area contributed by atoms with Crippen molar-refractivity contribution in [1.29, 1.82) is 0 Å². The van der Waals surface area contributed by atoms with Crippen LogP contribution < -0.4 is 0 Å². The first-order chi connectivity index (χ1) is 7.58. The summed E-state index contributed by atoms with van der Waals surface area (Å²) in [4.78, 5) is 2.06. The van der Waals surface area contributed by atoms with Gasteiger partial charge in [0.15, 0.2) is 0 Å². The molecular formula is C15H21N. The van der Waals surface area contributed by atoms with E-state index in [-0.39, 0.29) is 0 Å². The Labute approximate surface area is 99.5 Å². The van der Waals surface area contributed by atoms with Gasteiger partial charge in [-0.1, -0.05) is 38.0 Å². The minimum absolute atomic E-state index is 0.960. The maximum absolute atomic E-state index is 3.99. The average Bonchev–Trinajstić information content (AvgIpc) is 2.18. The second-order valence-electron chi connectivity index (χ2n) is 3.44. The normalized spacial score (nSPS) is 12.7. The Morgan fingerprint density at radius 3 is 2.00 bits per heavy atom. The SMILES string of the molecule is C=C/C=C(\C)N(C(=C)C)C(/C=C\C)=C/C=C. The molecule has 0 fully saturated rings. The molecule has 86 valence electrons. The third-order valence-electron chi connectivity index (χ3n) is 1.98. The number of rotatable bonds is 6. The molecule has 0 N–H and O–H groups in total. The van der Waals surface area contributed by atoms with E-state index in [1.54, 1.807) is 12.2 Å². The molecule has 0 saturated heterocycles. The molecule has 0 amide bonds. The molecule has 0 radical (unpaired) electrons. The first-order valence-corrected chi connectivity index (χ1v) is 5.28. The highest BCUT2D eigenvalue weighted by Crippen LogP contribution is 2.20. The predicted octanol–water partition coefficient (Wildman–Crippen LogP) is 4.56. The molecule has 0 bridgehead atoms. The van der Waals surface area contributed by atoms with Gasteiger partial charge in [0.1, 0.15) is 0 Å². The Hall–Kier alpha value is -1.76. The van der Waals surface area contributed by atoms with Gasteiger partial charge in [-0.05, 0) is 39.0 Å². The Morgan fingerprint density at radius 1 is 1.06 bits per heavy atom. The van der Waals surface area contributed by atoms with Crippen LogP contribution in [0.2, 0.25) is 0 Å². The van der Waals surface area contributed by atoms with Crippen LogP contribution in [0.3, 0.4) is 0 Å². The van der Waals surface area contributed by atoms with Crippen molar-refractivity contribution in [3.8, 4) is 0 Å². The van der Waals surface area contributed by atoms with Crippen molar-refractivity contribution in [2.75, 3.05) is 0 Å². The fourth-order valence-electron chi connectivity index (χ4n) is 1.47. The van der Waals surface area contributed by atoms with Gasteiger partial charge < -0.3 is 4.90 Å². The largest absolute Gasteiger partial charge is 0.319 e. The highest BCUT2D eigenvalue weighted by atomic mass is 15.1. The molecule has 0 saturated carbocycles. The quantitative estimate of drug-likeness (QED) is 0.587. The molecule has 0 aromatic heterocycles. The summed E-state index contributed by atoms with van der Waals surface area (Å²) < 4.78 is 0. The Balaban J connectivity index is 5.40. The van der Waals surface area contributed by atoms with Crippen molar-refractivity contribution in [2.45, 2.75) is 20.8 Å². The lowest BCUT2D eigenvalue weighted by molar-refractivity contribution is 0.547. The van der Waals surface area contributed by atoms with Crippen LogP contribution in [0.5, 0.6) is 0 Å². The second kappa shape index (κ2) is 7.52. The van der Waals surface area contributed by atoms with E-state index in [0.717, 1.165) is 17.1 Å². The summed E-state index contributed by atoms with van der Waals surface area (Å²) in [5, 5.41) is 0. The van der Waals surface area contributed by atoms with Crippen LogP contribution >= 0.6 is 0 Å². The summed E-state index contributed by atoms with van der Waals surface area (Å²) in [5.41, 5.74) is 3.08. The zero-order valence-electron chi connectivity index (χ0n) is 10.5. The molecule has 0 aliphatic heterocycles.